The van der Waals surface area contributed by atoms with Gasteiger partial charge in [-0.05, 0) is 18.6 Å². The van der Waals surface area contributed by atoms with Gasteiger partial charge in [0.25, 0.3) is 0 Å². The van der Waals surface area contributed by atoms with Crippen molar-refractivity contribution in [3.05, 3.63) is 65.2 Å². The van der Waals surface area contributed by atoms with Crippen molar-refractivity contribution in [2.75, 3.05) is 0 Å². The molecule has 0 radical (unpaired) electrons. The molecule has 0 amide bonds. The molecule has 3 nitrogen and oxygen atoms in total. The van der Waals surface area contributed by atoms with Gasteiger partial charge in [0, 0.05) is 11.1 Å². The molecule has 1 unspecified atom stereocenters. The number of para-hydroxylation sites is 1. The largest absolute Gasteiger partial charge is 0.292 e. The van der Waals surface area contributed by atoms with Crippen molar-refractivity contribution in [2.45, 2.75) is 12.3 Å². The van der Waals surface area contributed by atoms with E-state index in [1.165, 1.54) is 0 Å². The quantitative estimate of drug-likeness (QED) is 0.753. The number of hydrogen-bond acceptors (Lipinski definition) is 3. The van der Waals surface area contributed by atoms with Crippen molar-refractivity contribution in [2.24, 2.45) is 4.99 Å². The zero-order chi connectivity index (χ0) is 15.0. The summed E-state index contributed by atoms with van der Waals surface area (Å²) in [6.45, 7) is 1.89. The first-order valence-corrected chi connectivity index (χ1v) is 6.99. The lowest BCUT2D eigenvalue weighted by Gasteiger charge is -2.19. The first-order chi connectivity index (χ1) is 10.1. The Morgan fingerprint density at radius 2 is 1.57 bits per heavy atom. The Hall–Kier alpha value is -2.26. The van der Waals surface area contributed by atoms with Gasteiger partial charge in [-0.2, -0.15) is 0 Å². The van der Waals surface area contributed by atoms with E-state index in [4.69, 9.17) is 11.6 Å². The number of fused-ring (bicyclic) bond motifs is 1. The topological polar surface area (TPSA) is 46.5 Å². The summed E-state index contributed by atoms with van der Waals surface area (Å²) in [5.41, 5.74) is 2.40. The maximum absolute atomic E-state index is 12.5. The zero-order valence-corrected chi connectivity index (χ0v) is 12.1. The molecule has 1 aliphatic rings. The van der Waals surface area contributed by atoms with Crippen molar-refractivity contribution in [1.82, 2.24) is 0 Å². The fourth-order valence-corrected chi connectivity index (χ4v) is 2.60. The molecular formula is C17H12ClNO2. The first-order valence-electron chi connectivity index (χ1n) is 6.56. The molecule has 0 saturated heterocycles. The summed E-state index contributed by atoms with van der Waals surface area (Å²) in [5, 5.41) is -1.04. The molecule has 104 valence electrons. The maximum atomic E-state index is 12.5. The highest BCUT2D eigenvalue weighted by atomic mass is 35.5. The minimum Gasteiger partial charge on any atom is -0.292 e. The number of halogens is 1. The number of rotatable bonds is 1. The summed E-state index contributed by atoms with van der Waals surface area (Å²) in [6, 6.07) is 14.1. The molecule has 0 fully saturated rings. The third kappa shape index (κ3) is 2.30. The van der Waals surface area contributed by atoms with Gasteiger partial charge in [-0.1, -0.05) is 42.5 Å². The SMILES string of the molecule is Cc1ccccc1N=C1C(=O)c2ccccc2C(=O)C1Cl. The van der Waals surface area contributed by atoms with Crippen LogP contribution in [0.3, 0.4) is 0 Å². The number of ketones is 2. The number of carbonyl (C=O) groups excluding carboxylic acids is 2. The number of nitrogens with zero attached hydrogens (tertiary/aromatic N) is 1. The highest BCUT2D eigenvalue weighted by Crippen LogP contribution is 2.26. The standard InChI is InChI=1S/C17H12ClNO2/c1-10-6-2-5-9-13(10)19-15-14(18)16(20)11-7-3-4-8-12(11)17(15)21/h2-9,14H,1H3. The highest BCUT2D eigenvalue weighted by Gasteiger charge is 2.37. The first kappa shape index (κ1) is 13.7. The van der Waals surface area contributed by atoms with Gasteiger partial charge in [-0.25, -0.2) is 4.99 Å². The monoisotopic (exact) mass is 297 g/mol. The van der Waals surface area contributed by atoms with Crippen LogP contribution in [0.4, 0.5) is 5.69 Å². The summed E-state index contributed by atoms with van der Waals surface area (Å²) in [6.07, 6.45) is 0. The molecule has 0 spiro atoms. The second-order valence-corrected chi connectivity index (χ2v) is 5.32. The average molecular weight is 298 g/mol. The fraction of sp³-hybridized carbons (Fsp3) is 0.118. The minimum atomic E-state index is -1.04. The van der Waals surface area contributed by atoms with Crippen LogP contribution >= 0.6 is 11.6 Å². The van der Waals surface area contributed by atoms with Crippen LogP contribution < -0.4 is 0 Å². The van der Waals surface area contributed by atoms with E-state index in [2.05, 4.69) is 4.99 Å². The molecule has 0 heterocycles. The average Bonchev–Trinajstić information content (AvgIpc) is 2.51. The van der Waals surface area contributed by atoms with E-state index in [1.54, 1.807) is 30.3 Å². The number of aliphatic imine (C=N–C) groups is 1. The molecule has 0 saturated carbocycles. The van der Waals surface area contributed by atoms with Crippen molar-refractivity contribution in [1.29, 1.82) is 0 Å². The number of Topliss-reactive ketones (excluding diaryl/α,β-unsaturated/α-hetero) is 2. The Kier molecular flexibility index (Phi) is 3.43. The predicted octanol–water partition coefficient (Wildman–Crippen LogP) is 3.75. The number of alkyl halides is 1. The van der Waals surface area contributed by atoms with Gasteiger partial charge < -0.3 is 0 Å². The number of hydrogen-bond donors (Lipinski definition) is 0. The van der Waals surface area contributed by atoms with Crippen LogP contribution in [-0.4, -0.2) is 22.7 Å². The summed E-state index contributed by atoms with van der Waals surface area (Å²) in [7, 11) is 0. The second-order valence-electron chi connectivity index (χ2n) is 4.89. The summed E-state index contributed by atoms with van der Waals surface area (Å²) < 4.78 is 0. The van der Waals surface area contributed by atoms with Crippen molar-refractivity contribution in [3.63, 3.8) is 0 Å². The number of carbonyl (C=O) groups is 2. The van der Waals surface area contributed by atoms with Crippen molar-refractivity contribution < 1.29 is 9.59 Å². The lowest BCUT2D eigenvalue weighted by Crippen LogP contribution is -2.37. The van der Waals surface area contributed by atoms with E-state index in [0.717, 1.165) is 5.56 Å². The number of benzene rings is 2. The van der Waals surface area contributed by atoms with E-state index >= 15 is 0 Å². The Morgan fingerprint density at radius 3 is 2.29 bits per heavy atom. The van der Waals surface area contributed by atoms with Crippen LogP contribution in [0.2, 0.25) is 0 Å². The van der Waals surface area contributed by atoms with E-state index in [-0.39, 0.29) is 17.3 Å². The van der Waals surface area contributed by atoms with Gasteiger partial charge in [0.15, 0.2) is 5.78 Å². The molecule has 2 aromatic rings. The molecule has 0 bridgehead atoms. The highest BCUT2D eigenvalue weighted by molar-refractivity contribution is 6.65. The fourth-order valence-electron chi connectivity index (χ4n) is 2.34. The minimum absolute atomic E-state index is 0.0923. The van der Waals surface area contributed by atoms with Gasteiger partial charge >= 0.3 is 0 Å². The van der Waals surface area contributed by atoms with Crippen LogP contribution in [0.1, 0.15) is 26.3 Å². The molecule has 21 heavy (non-hydrogen) atoms. The van der Waals surface area contributed by atoms with Crippen LogP contribution in [-0.2, 0) is 0 Å². The molecular weight excluding hydrogens is 286 g/mol. The van der Waals surface area contributed by atoms with Gasteiger partial charge in [-0.15, -0.1) is 11.6 Å². The zero-order valence-electron chi connectivity index (χ0n) is 11.3. The lowest BCUT2D eigenvalue weighted by atomic mass is 9.87. The Bertz CT molecular complexity index is 780. The molecule has 1 atom stereocenters. The normalized spacial score (nSPS) is 19.7. The molecule has 0 aromatic heterocycles. The predicted molar refractivity (Wildman–Crippen MR) is 83.0 cm³/mol. The molecule has 0 N–H and O–H groups in total. The van der Waals surface area contributed by atoms with E-state index < -0.39 is 5.38 Å². The van der Waals surface area contributed by atoms with Crippen LogP contribution in [0.5, 0.6) is 0 Å². The van der Waals surface area contributed by atoms with Crippen LogP contribution in [0, 0.1) is 6.92 Å². The van der Waals surface area contributed by atoms with Gasteiger partial charge in [0.1, 0.15) is 11.1 Å². The molecule has 3 rings (SSSR count). The van der Waals surface area contributed by atoms with Gasteiger partial charge in [0.2, 0.25) is 5.78 Å². The maximum Gasteiger partial charge on any atom is 0.209 e. The third-order valence-electron chi connectivity index (χ3n) is 3.50. The van der Waals surface area contributed by atoms with Crippen molar-refractivity contribution >= 4 is 34.6 Å². The Morgan fingerprint density at radius 1 is 0.952 bits per heavy atom. The smallest absolute Gasteiger partial charge is 0.209 e. The summed E-state index contributed by atoms with van der Waals surface area (Å²) in [5.74, 6) is -0.562. The van der Waals surface area contributed by atoms with E-state index in [9.17, 15) is 9.59 Å². The van der Waals surface area contributed by atoms with Gasteiger partial charge in [-0.3, -0.25) is 9.59 Å². The Labute approximate surface area is 127 Å². The van der Waals surface area contributed by atoms with E-state index in [0.29, 0.717) is 16.8 Å². The Balaban J connectivity index is 2.15. The molecule has 1 aliphatic carbocycles. The third-order valence-corrected chi connectivity index (χ3v) is 3.90. The van der Waals surface area contributed by atoms with Gasteiger partial charge in [0.05, 0.1) is 5.69 Å². The van der Waals surface area contributed by atoms with Crippen LogP contribution in [0.15, 0.2) is 53.5 Å². The molecule has 0 aliphatic heterocycles. The second kappa shape index (κ2) is 5.26. The van der Waals surface area contributed by atoms with Crippen LogP contribution in [0.25, 0.3) is 0 Å². The summed E-state index contributed by atoms with van der Waals surface area (Å²) in [4.78, 5) is 29.1. The van der Waals surface area contributed by atoms with Crippen molar-refractivity contribution in [3.8, 4) is 0 Å². The molecule has 4 heteroatoms. The molecule has 2 aromatic carbocycles. The van der Waals surface area contributed by atoms with E-state index in [1.807, 2.05) is 25.1 Å². The number of aryl methyl sites for hydroxylation is 1. The lowest BCUT2D eigenvalue weighted by molar-refractivity contribution is 0.0968. The summed E-state index contributed by atoms with van der Waals surface area (Å²) >= 11 is 6.16.